The highest BCUT2D eigenvalue weighted by atomic mass is 32.1. The predicted molar refractivity (Wildman–Crippen MR) is 34.9 cm³/mol. The van der Waals surface area contributed by atoms with Crippen LogP contribution in [-0.4, -0.2) is 4.20 Å². The minimum atomic E-state index is 0.512. The fourth-order valence-electron chi connectivity index (χ4n) is 0.0823. The number of thiocarbonyl (C=S) groups is 1. The van der Waals surface area contributed by atoms with Gasteiger partial charge >= 0.3 is 0 Å². The first-order valence-corrected chi connectivity index (χ1v) is 2.24. The number of hydrogen-bond acceptors (Lipinski definition) is 2. The summed E-state index contributed by atoms with van der Waals surface area (Å²) in [6.45, 7) is 0. The van der Waals surface area contributed by atoms with Gasteiger partial charge in [0.15, 0.2) is 0 Å². The molecule has 0 aromatic heterocycles. The maximum absolute atomic E-state index is 4.91. The molecule has 0 fully saturated rings. The predicted octanol–water partition coefficient (Wildman–Crippen LogP) is 0.716. The second-order valence-electron chi connectivity index (χ2n) is 0.697. The Morgan fingerprint density at radius 2 is 2.33 bits per heavy atom. The van der Waals surface area contributed by atoms with Crippen molar-refractivity contribution in [1.29, 1.82) is 0 Å². The van der Waals surface area contributed by atoms with Gasteiger partial charge in [0.05, 0.1) is 4.20 Å². The van der Waals surface area contributed by atoms with E-state index in [9.17, 15) is 0 Å². The van der Waals surface area contributed by atoms with Crippen molar-refractivity contribution in [3.05, 3.63) is 12.3 Å². The van der Waals surface area contributed by atoms with Crippen molar-refractivity contribution in [3.8, 4) is 0 Å². The lowest BCUT2D eigenvalue weighted by molar-refractivity contribution is 1.63. The third kappa shape index (κ3) is 3.98. The van der Waals surface area contributed by atoms with Crippen LogP contribution in [0, 0.1) is 0 Å². The number of nitrogens with two attached hydrogens (primary N) is 1. The zero-order valence-electron chi connectivity index (χ0n) is 3.09. The second-order valence-corrected chi connectivity index (χ2v) is 1.92. The maximum Gasteiger partial charge on any atom is 0.0689 e. The van der Waals surface area contributed by atoms with Crippen LogP contribution in [0.15, 0.2) is 12.3 Å². The van der Waals surface area contributed by atoms with E-state index in [1.165, 1.54) is 6.20 Å². The summed E-state index contributed by atoms with van der Waals surface area (Å²) in [5.74, 6) is 0. The van der Waals surface area contributed by atoms with Gasteiger partial charge in [0.2, 0.25) is 0 Å². The molecule has 1 nitrogen and oxygen atoms in total. The summed E-state index contributed by atoms with van der Waals surface area (Å²) in [6.07, 6.45) is 2.90. The van der Waals surface area contributed by atoms with Gasteiger partial charge in [-0.15, -0.1) is 12.6 Å². The fraction of sp³-hybridized carbons (Fsp3) is 0. The van der Waals surface area contributed by atoms with Gasteiger partial charge < -0.3 is 5.73 Å². The van der Waals surface area contributed by atoms with E-state index >= 15 is 0 Å². The lowest BCUT2D eigenvalue weighted by atomic mass is 10.7. The Balaban J connectivity index is 3.30. The van der Waals surface area contributed by atoms with Crippen LogP contribution in [0.3, 0.4) is 0 Å². The van der Waals surface area contributed by atoms with E-state index in [0.717, 1.165) is 0 Å². The Hall–Kier alpha value is -0.0200. The van der Waals surface area contributed by atoms with Crippen molar-refractivity contribution in [1.82, 2.24) is 0 Å². The van der Waals surface area contributed by atoms with Crippen molar-refractivity contribution in [3.63, 3.8) is 0 Å². The molecule has 0 saturated carbocycles. The topological polar surface area (TPSA) is 26.0 Å². The first-order chi connectivity index (χ1) is 2.77. The summed E-state index contributed by atoms with van der Waals surface area (Å²) >= 11 is 8.23. The zero-order chi connectivity index (χ0) is 4.99. The summed E-state index contributed by atoms with van der Waals surface area (Å²) in [7, 11) is 0. The Morgan fingerprint density at radius 1 is 1.83 bits per heavy atom. The van der Waals surface area contributed by atoms with Crippen molar-refractivity contribution < 1.29 is 0 Å². The van der Waals surface area contributed by atoms with Crippen LogP contribution in [0.4, 0.5) is 0 Å². The normalized spacial score (nSPS) is 9.50. The van der Waals surface area contributed by atoms with Gasteiger partial charge in [-0.1, -0.05) is 12.2 Å². The third-order valence-corrected chi connectivity index (χ3v) is 0.524. The van der Waals surface area contributed by atoms with Crippen LogP contribution in [0.2, 0.25) is 0 Å². The van der Waals surface area contributed by atoms with Crippen LogP contribution in [0.1, 0.15) is 0 Å². The van der Waals surface area contributed by atoms with Crippen LogP contribution in [0.5, 0.6) is 0 Å². The molecule has 0 unspecified atom stereocenters. The van der Waals surface area contributed by atoms with Crippen LogP contribution in [-0.2, 0) is 0 Å². The Bertz CT molecular complexity index is 76.9. The first-order valence-electron chi connectivity index (χ1n) is 1.38. The minimum Gasteiger partial charge on any atom is -0.405 e. The van der Waals surface area contributed by atoms with E-state index < -0.39 is 0 Å². The molecular formula is C3H5NS2. The number of hydrogen-bond donors (Lipinski definition) is 2. The van der Waals surface area contributed by atoms with Gasteiger partial charge in [0.1, 0.15) is 0 Å². The van der Waals surface area contributed by atoms with Crippen molar-refractivity contribution in [2.24, 2.45) is 5.73 Å². The first kappa shape index (κ1) is 5.98. The largest absolute Gasteiger partial charge is 0.405 e. The van der Waals surface area contributed by atoms with E-state index in [4.69, 9.17) is 5.73 Å². The van der Waals surface area contributed by atoms with Gasteiger partial charge in [-0.2, -0.15) is 0 Å². The molecule has 0 heterocycles. The molecule has 0 aliphatic rings. The molecule has 2 N–H and O–H groups in total. The molecule has 0 aliphatic heterocycles. The molecule has 0 aliphatic carbocycles. The lowest BCUT2D eigenvalue weighted by Gasteiger charge is -1.72. The molecule has 0 amide bonds. The van der Waals surface area contributed by atoms with E-state index in [1.807, 2.05) is 0 Å². The van der Waals surface area contributed by atoms with E-state index in [1.54, 1.807) is 6.08 Å². The van der Waals surface area contributed by atoms with Gasteiger partial charge in [-0.25, -0.2) is 0 Å². The third-order valence-electron chi connectivity index (χ3n) is 0.239. The van der Waals surface area contributed by atoms with E-state index in [0.29, 0.717) is 4.20 Å². The molecule has 0 bridgehead atoms. The van der Waals surface area contributed by atoms with E-state index in [-0.39, 0.29) is 0 Å². The molecule has 6 heavy (non-hydrogen) atoms. The summed E-state index contributed by atoms with van der Waals surface area (Å²) in [5.41, 5.74) is 4.91. The molecule has 0 aromatic rings. The Morgan fingerprint density at radius 3 is 2.33 bits per heavy atom. The second kappa shape index (κ2) is 3.18. The number of rotatable bonds is 1. The molecular weight excluding hydrogens is 114 g/mol. The highest BCUT2D eigenvalue weighted by Gasteiger charge is 1.68. The van der Waals surface area contributed by atoms with Crippen LogP contribution in [0.25, 0.3) is 0 Å². The molecule has 0 radical (unpaired) electrons. The SMILES string of the molecule is NC=CC(=S)S. The Kier molecular flexibility index (Phi) is 3.17. The van der Waals surface area contributed by atoms with Gasteiger partial charge in [0.25, 0.3) is 0 Å². The molecule has 0 saturated heterocycles. The van der Waals surface area contributed by atoms with Gasteiger partial charge in [0, 0.05) is 0 Å². The van der Waals surface area contributed by atoms with Gasteiger partial charge in [-0.05, 0) is 12.3 Å². The van der Waals surface area contributed by atoms with Crippen molar-refractivity contribution in [2.75, 3.05) is 0 Å². The summed E-state index contributed by atoms with van der Waals surface area (Å²) in [5, 5.41) is 0. The summed E-state index contributed by atoms with van der Waals surface area (Å²) < 4.78 is 0.512. The quantitative estimate of drug-likeness (QED) is 0.302. The fourth-order valence-corrected chi connectivity index (χ4v) is 0.247. The van der Waals surface area contributed by atoms with Crippen LogP contribution < -0.4 is 5.73 Å². The minimum absolute atomic E-state index is 0.512. The summed E-state index contributed by atoms with van der Waals surface area (Å²) in [4.78, 5) is 0. The smallest absolute Gasteiger partial charge is 0.0689 e. The summed E-state index contributed by atoms with van der Waals surface area (Å²) in [6, 6.07) is 0. The number of thiol groups is 1. The molecule has 0 rings (SSSR count). The highest BCUT2D eigenvalue weighted by Crippen LogP contribution is 1.81. The molecule has 34 valence electrons. The average molecular weight is 119 g/mol. The maximum atomic E-state index is 4.91. The highest BCUT2D eigenvalue weighted by molar-refractivity contribution is 8.11. The zero-order valence-corrected chi connectivity index (χ0v) is 4.80. The standard InChI is InChI=1S/C3H5NS2/c4-2-1-3(5)6/h1-2H,4H2,(H,5,6). The lowest BCUT2D eigenvalue weighted by Crippen LogP contribution is -1.78. The average Bonchev–Trinajstić information content (AvgIpc) is 1.35. The monoisotopic (exact) mass is 119 g/mol. The van der Waals surface area contributed by atoms with Crippen LogP contribution >= 0.6 is 24.8 Å². The molecule has 0 spiro atoms. The van der Waals surface area contributed by atoms with Crippen molar-refractivity contribution in [2.45, 2.75) is 0 Å². The molecule has 3 heteroatoms. The Labute approximate surface area is 47.6 Å². The molecule has 0 atom stereocenters. The molecule has 0 aromatic carbocycles. The van der Waals surface area contributed by atoms with Crippen molar-refractivity contribution >= 4 is 29.0 Å². The van der Waals surface area contributed by atoms with E-state index in [2.05, 4.69) is 24.8 Å². The van der Waals surface area contributed by atoms with Gasteiger partial charge in [-0.3, -0.25) is 0 Å².